The molecule has 3 nitrogen and oxygen atoms in total. The summed E-state index contributed by atoms with van der Waals surface area (Å²) in [5, 5.41) is 0.692. The number of fused-ring (bicyclic) bond motifs is 1. The van der Waals surface area contributed by atoms with Gasteiger partial charge in [-0.2, -0.15) is 0 Å². The lowest BCUT2D eigenvalue weighted by atomic mass is 10.0. The molecule has 1 aliphatic rings. The van der Waals surface area contributed by atoms with Crippen LogP contribution in [0.4, 0.5) is 9.18 Å². The predicted molar refractivity (Wildman–Crippen MR) is 120 cm³/mol. The second-order valence-corrected chi connectivity index (χ2v) is 10.3. The molecule has 0 saturated heterocycles. The Labute approximate surface area is 189 Å². The van der Waals surface area contributed by atoms with Crippen molar-refractivity contribution in [2.24, 2.45) is 0 Å². The molecule has 0 unspecified atom stereocenters. The first kappa shape index (κ1) is 22.4. The van der Waals surface area contributed by atoms with E-state index in [9.17, 15) is 9.18 Å². The summed E-state index contributed by atoms with van der Waals surface area (Å²) in [6.07, 6.45) is 1.19. The van der Waals surface area contributed by atoms with Crippen LogP contribution in [0, 0.1) is 5.82 Å². The number of halogens is 3. The Balaban J connectivity index is 1.76. The molecule has 3 rings (SSSR count). The van der Waals surface area contributed by atoms with E-state index in [4.69, 9.17) is 16.3 Å². The SMILES string of the molecule is CC(C)(C)OC(=O)N1CCc2ccc(Cl)c(SCc3ccc(Br)c(F)c3)c2CC1. The highest BCUT2D eigenvalue weighted by molar-refractivity contribution is 9.10. The second-order valence-electron chi connectivity index (χ2n) is 8.02. The van der Waals surface area contributed by atoms with Crippen LogP contribution >= 0.6 is 39.3 Å². The Morgan fingerprint density at radius 2 is 1.97 bits per heavy atom. The van der Waals surface area contributed by atoms with Gasteiger partial charge >= 0.3 is 6.09 Å². The van der Waals surface area contributed by atoms with Crippen molar-refractivity contribution < 1.29 is 13.9 Å². The Morgan fingerprint density at radius 3 is 2.66 bits per heavy atom. The minimum absolute atomic E-state index is 0.269. The third-order valence-corrected chi connectivity index (χ3v) is 6.91. The molecule has 156 valence electrons. The van der Waals surface area contributed by atoms with Crippen molar-refractivity contribution >= 4 is 45.4 Å². The normalized spacial score (nSPS) is 14.3. The second kappa shape index (κ2) is 9.27. The van der Waals surface area contributed by atoms with Crippen molar-refractivity contribution in [1.82, 2.24) is 4.90 Å². The van der Waals surface area contributed by atoms with E-state index in [2.05, 4.69) is 15.9 Å². The quantitative estimate of drug-likeness (QED) is 0.431. The highest BCUT2D eigenvalue weighted by atomic mass is 79.9. The van der Waals surface area contributed by atoms with Gasteiger partial charge in [-0.25, -0.2) is 9.18 Å². The van der Waals surface area contributed by atoms with Crippen LogP contribution < -0.4 is 0 Å². The minimum Gasteiger partial charge on any atom is -0.444 e. The molecule has 1 aliphatic heterocycles. The highest BCUT2D eigenvalue weighted by Gasteiger charge is 2.25. The number of hydrogen-bond donors (Lipinski definition) is 0. The average molecular weight is 501 g/mol. The van der Waals surface area contributed by atoms with E-state index in [1.165, 1.54) is 17.2 Å². The zero-order valence-corrected chi connectivity index (χ0v) is 19.9. The topological polar surface area (TPSA) is 29.5 Å². The maximum atomic E-state index is 13.8. The molecule has 0 aromatic heterocycles. The van der Waals surface area contributed by atoms with E-state index in [0.29, 0.717) is 34.8 Å². The van der Waals surface area contributed by atoms with Crippen LogP contribution in [0.5, 0.6) is 0 Å². The van der Waals surface area contributed by atoms with Crippen LogP contribution in [0.25, 0.3) is 0 Å². The number of hydrogen-bond acceptors (Lipinski definition) is 3. The molecule has 7 heteroatoms. The number of amides is 1. The maximum Gasteiger partial charge on any atom is 0.410 e. The molecule has 1 amide bonds. The van der Waals surface area contributed by atoms with Crippen molar-refractivity contribution in [3.63, 3.8) is 0 Å². The van der Waals surface area contributed by atoms with Gasteiger partial charge < -0.3 is 9.64 Å². The standard InChI is InChI=1S/C22H24BrClFNO2S/c1-22(2,3)28-21(27)26-10-8-15-5-7-18(24)20(16(15)9-11-26)29-13-14-4-6-17(23)19(25)12-14/h4-7,12H,8-11,13H2,1-3H3. The number of rotatable bonds is 3. The molecule has 0 spiro atoms. The summed E-state index contributed by atoms with van der Waals surface area (Å²) >= 11 is 11.3. The van der Waals surface area contributed by atoms with Crippen LogP contribution in [0.2, 0.25) is 5.02 Å². The van der Waals surface area contributed by atoms with Gasteiger partial charge in [-0.1, -0.05) is 23.7 Å². The van der Waals surface area contributed by atoms with Crippen LogP contribution in [-0.4, -0.2) is 29.7 Å². The van der Waals surface area contributed by atoms with E-state index >= 15 is 0 Å². The molecule has 29 heavy (non-hydrogen) atoms. The molecule has 0 aliphatic carbocycles. The molecular formula is C22H24BrClFNO2S. The van der Waals surface area contributed by atoms with Crippen molar-refractivity contribution in [2.45, 2.75) is 49.9 Å². The summed E-state index contributed by atoms with van der Waals surface area (Å²) in [6.45, 7) is 6.82. The van der Waals surface area contributed by atoms with Crippen molar-refractivity contribution in [2.75, 3.05) is 13.1 Å². The maximum absolute atomic E-state index is 13.8. The van der Waals surface area contributed by atoms with Crippen LogP contribution in [0.1, 0.15) is 37.5 Å². The first-order chi connectivity index (χ1) is 13.6. The summed E-state index contributed by atoms with van der Waals surface area (Å²) in [6, 6.07) is 9.11. The average Bonchev–Trinajstić information content (AvgIpc) is 2.85. The Hall–Kier alpha value is -1.24. The molecule has 0 radical (unpaired) electrons. The number of nitrogens with zero attached hydrogens (tertiary/aromatic N) is 1. The van der Waals surface area contributed by atoms with Crippen LogP contribution in [0.3, 0.4) is 0 Å². The molecule has 0 atom stereocenters. The number of carbonyl (C=O) groups excluding carboxylic acids is 1. The van der Waals surface area contributed by atoms with Gasteiger partial charge in [-0.3, -0.25) is 0 Å². The fraction of sp³-hybridized carbons (Fsp3) is 0.409. The van der Waals surface area contributed by atoms with Gasteiger partial charge in [-0.05, 0) is 84.4 Å². The van der Waals surface area contributed by atoms with E-state index in [-0.39, 0.29) is 11.9 Å². The monoisotopic (exact) mass is 499 g/mol. The minimum atomic E-state index is -0.513. The third-order valence-electron chi connectivity index (χ3n) is 4.61. The first-order valence-corrected chi connectivity index (χ1v) is 11.6. The molecule has 1 heterocycles. The van der Waals surface area contributed by atoms with Crippen molar-refractivity contribution in [1.29, 1.82) is 0 Å². The molecule has 0 N–H and O–H groups in total. The van der Waals surface area contributed by atoms with Gasteiger partial charge in [0.25, 0.3) is 0 Å². The number of ether oxygens (including phenoxy) is 1. The number of carbonyl (C=O) groups is 1. The predicted octanol–water partition coefficient (Wildman–Crippen LogP) is 6.87. The van der Waals surface area contributed by atoms with Crippen LogP contribution in [0.15, 0.2) is 39.7 Å². The highest BCUT2D eigenvalue weighted by Crippen LogP contribution is 2.37. The summed E-state index contributed by atoms with van der Waals surface area (Å²) < 4.78 is 19.8. The lowest BCUT2D eigenvalue weighted by molar-refractivity contribution is 0.0258. The van der Waals surface area contributed by atoms with Crippen molar-refractivity contribution in [3.8, 4) is 0 Å². The number of benzene rings is 2. The van der Waals surface area contributed by atoms with Crippen molar-refractivity contribution in [3.05, 3.63) is 62.3 Å². The van der Waals surface area contributed by atoms with E-state index in [0.717, 1.165) is 16.9 Å². The van der Waals surface area contributed by atoms with Gasteiger partial charge in [0.1, 0.15) is 11.4 Å². The zero-order valence-electron chi connectivity index (χ0n) is 16.7. The Kier molecular flexibility index (Phi) is 7.18. The Bertz CT molecular complexity index is 916. The van der Waals surface area contributed by atoms with Gasteiger partial charge in [0.15, 0.2) is 0 Å². The van der Waals surface area contributed by atoms with Crippen LogP contribution in [-0.2, 0) is 23.3 Å². The first-order valence-electron chi connectivity index (χ1n) is 9.49. The molecule has 2 aromatic carbocycles. The smallest absolute Gasteiger partial charge is 0.410 e. The number of thioether (sulfide) groups is 1. The molecule has 0 saturated carbocycles. The largest absolute Gasteiger partial charge is 0.444 e. The van der Waals surface area contributed by atoms with Gasteiger partial charge in [-0.15, -0.1) is 11.8 Å². The van der Waals surface area contributed by atoms with E-state index < -0.39 is 5.60 Å². The summed E-state index contributed by atoms with van der Waals surface area (Å²) in [7, 11) is 0. The Morgan fingerprint density at radius 1 is 1.24 bits per heavy atom. The molecule has 2 aromatic rings. The van der Waals surface area contributed by atoms with E-state index in [1.807, 2.05) is 39.0 Å². The lowest BCUT2D eigenvalue weighted by Crippen LogP contribution is -2.38. The molecule has 0 fully saturated rings. The third kappa shape index (κ3) is 5.89. The van der Waals surface area contributed by atoms with Gasteiger partial charge in [0, 0.05) is 23.7 Å². The van der Waals surface area contributed by atoms with Gasteiger partial charge in [0.05, 0.1) is 9.50 Å². The summed E-state index contributed by atoms with van der Waals surface area (Å²) in [5.41, 5.74) is 2.75. The lowest BCUT2D eigenvalue weighted by Gasteiger charge is -2.26. The van der Waals surface area contributed by atoms with Gasteiger partial charge in [0.2, 0.25) is 0 Å². The van der Waals surface area contributed by atoms with E-state index in [1.54, 1.807) is 22.7 Å². The summed E-state index contributed by atoms with van der Waals surface area (Å²) in [4.78, 5) is 15.2. The molecular weight excluding hydrogens is 477 g/mol. The molecule has 0 bridgehead atoms. The zero-order chi connectivity index (χ0) is 21.2. The fourth-order valence-electron chi connectivity index (χ4n) is 3.21. The fourth-order valence-corrected chi connectivity index (χ4v) is 4.90. The summed E-state index contributed by atoms with van der Waals surface area (Å²) in [5.74, 6) is 0.352.